The second kappa shape index (κ2) is 5.82. The summed E-state index contributed by atoms with van der Waals surface area (Å²) in [5.74, 6) is -0.909. The highest BCUT2D eigenvalue weighted by Gasteiger charge is 2.02. The molecule has 0 fully saturated rings. The van der Waals surface area contributed by atoms with E-state index in [0.29, 0.717) is 5.56 Å². The Morgan fingerprint density at radius 3 is 2.72 bits per heavy atom. The summed E-state index contributed by atoms with van der Waals surface area (Å²) in [6.07, 6.45) is 4.40. The molecule has 2 N–H and O–H groups in total. The zero-order chi connectivity index (χ0) is 12.8. The number of anilines is 1. The number of aromatic nitrogens is 1. The molecule has 0 spiro atoms. The first-order chi connectivity index (χ1) is 8.75. The molecule has 0 saturated carbocycles. The third-order valence-corrected chi connectivity index (χ3v) is 2.60. The van der Waals surface area contributed by atoms with Crippen molar-refractivity contribution < 1.29 is 9.90 Å². The van der Waals surface area contributed by atoms with Crippen LogP contribution in [0.1, 0.15) is 15.9 Å². The number of carboxylic acid groups (broad SMARTS) is 1. The first-order valence-electron chi connectivity index (χ1n) is 5.72. The average molecular weight is 242 g/mol. The van der Waals surface area contributed by atoms with Crippen LogP contribution in [0.5, 0.6) is 0 Å². The van der Waals surface area contributed by atoms with Crippen LogP contribution in [0.4, 0.5) is 5.69 Å². The van der Waals surface area contributed by atoms with Gasteiger partial charge in [0.15, 0.2) is 0 Å². The Morgan fingerprint density at radius 2 is 2.00 bits per heavy atom. The van der Waals surface area contributed by atoms with Crippen molar-refractivity contribution in [2.45, 2.75) is 6.42 Å². The van der Waals surface area contributed by atoms with E-state index in [0.717, 1.165) is 18.7 Å². The molecule has 92 valence electrons. The molecule has 0 aliphatic heterocycles. The van der Waals surface area contributed by atoms with E-state index in [2.05, 4.69) is 10.3 Å². The minimum absolute atomic E-state index is 0.295. The van der Waals surface area contributed by atoms with E-state index in [1.807, 2.05) is 18.2 Å². The summed E-state index contributed by atoms with van der Waals surface area (Å²) in [5, 5.41) is 12.1. The Kier molecular flexibility index (Phi) is 3.91. The van der Waals surface area contributed by atoms with Crippen LogP contribution in [0.25, 0.3) is 0 Å². The van der Waals surface area contributed by atoms with Gasteiger partial charge < -0.3 is 10.4 Å². The number of rotatable bonds is 5. The lowest BCUT2D eigenvalue weighted by atomic mass is 10.2. The van der Waals surface area contributed by atoms with Gasteiger partial charge in [-0.15, -0.1) is 0 Å². The summed E-state index contributed by atoms with van der Waals surface area (Å²) in [4.78, 5) is 14.8. The lowest BCUT2D eigenvalue weighted by molar-refractivity contribution is 0.0697. The second-order valence-corrected chi connectivity index (χ2v) is 3.92. The fourth-order valence-electron chi connectivity index (χ4n) is 1.66. The van der Waals surface area contributed by atoms with Gasteiger partial charge in [0.05, 0.1) is 5.56 Å². The minimum atomic E-state index is -0.909. The fraction of sp³-hybridized carbons (Fsp3) is 0.143. The lowest BCUT2D eigenvalue weighted by Gasteiger charge is -2.07. The first kappa shape index (κ1) is 12.1. The van der Waals surface area contributed by atoms with Crippen LogP contribution >= 0.6 is 0 Å². The zero-order valence-corrected chi connectivity index (χ0v) is 9.84. The predicted octanol–water partition coefficient (Wildman–Crippen LogP) is 2.43. The van der Waals surface area contributed by atoms with Gasteiger partial charge in [0, 0.05) is 24.6 Å². The van der Waals surface area contributed by atoms with Crippen LogP contribution in [0.3, 0.4) is 0 Å². The maximum atomic E-state index is 10.8. The molecule has 0 atom stereocenters. The van der Waals surface area contributed by atoms with Crippen molar-refractivity contribution in [2.75, 3.05) is 11.9 Å². The van der Waals surface area contributed by atoms with Crippen LogP contribution in [0, 0.1) is 0 Å². The van der Waals surface area contributed by atoms with Crippen molar-refractivity contribution in [3.63, 3.8) is 0 Å². The van der Waals surface area contributed by atoms with E-state index in [1.165, 1.54) is 5.56 Å². The van der Waals surface area contributed by atoms with Crippen molar-refractivity contribution in [1.29, 1.82) is 0 Å². The summed E-state index contributed by atoms with van der Waals surface area (Å²) in [6.45, 7) is 0.757. The molecule has 0 radical (unpaired) electrons. The molecule has 4 heteroatoms. The molecule has 18 heavy (non-hydrogen) atoms. The van der Waals surface area contributed by atoms with Crippen LogP contribution < -0.4 is 5.32 Å². The molecule has 0 aliphatic rings. The summed E-state index contributed by atoms with van der Waals surface area (Å²) in [6, 6.07) is 10.7. The van der Waals surface area contributed by atoms with E-state index in [1.54, 1.807) is 30.6 Å². The molecule has 2 aromatic rings. The maximum absolute atomic E-state index is 10.8. The van der Waals surface area contributed by atoms with E-state index < -0.39 is 5.97 Å². The third-order valence-electron chi connectivity index (χ3n) is 2.60. The van der Waals surface area contributed by atoms with Crippen molar-refractivity contribution in [3.8, 4) is 0 Å². The number of nitrogens with zero attached hydrogens (tertiary/aromatic N) is 1. The predicted molar refractivity (Wildman–Crippen MR) is 69.8 cm³/mol. The van der Waals surface area contributed by atoms with E-state index in [4.69, 9.17) is 5.11 Å². The summed E-state index contributed by atoms with van der Waals surface area (Å²) in [5.41, 5.74) is 2.32. The zero-order valence-electron chi connectivity index (χ0n) is 9.84. The Labute approximate surface area is 105 Å². The summed E-state index contributed by atoms with van der Waals surface area (Å²) in [7, 11) is 0. The van der Waals surface area contributed by atoms with Gasteiger partial charge in [0.1, 0.15) is 0 Å². The molecule has 2 rings (SSSR count). The molecule has 1 aromatic carbocycles. The number of carboxylic acids is 1. The van der Waals surface area contributed by atoms with Gasteiger partial charge in [-0.1, -0.05) is 6.07 Å². The van der Waals surface area contributed by atoms with Crippen molar-refractivity contribution >= 4 is 11.7 Å². The van der Waals surface area contributed by atoms with Gasteiger partial charge in [0.25, 0.3) is 0 Å². The third kappa shape index (κ3) is 3.31. The number of hydrogen-bond donors (Lipinski definition) is 2. The highest BCUT2D eigenvalue weighted by Crippen LogP contribution is 2.10. The number of aromatic carboxylic acids is 1. The number of benzene rings is 1. The van der Waals surface area contributed by atoms with Gasteiger partial charge in [-0.05, 0) is 42.3 Å². The highest BCUT2D eigenvalue weighted by atomic mass is 16.4. The Hall–Kier alpha value is -2.36. The quantitative estimate of drug-likeness (QED) is 0.845. The number of nitrogens with one attached hydrogen (secondary N) is 1. The topological polar surface area (TPSA) is 62.2 Å². The van der Waals surface area contributed by atoms with Gasteiger partial charge in [-0.3, -0.25) is 4.98 Å². The molecule has 0 bridgehead atoms. The minimum Gasteiger partial charge on any atom is -0.478 e. The van der Waals surface area contributed by atoms with Crippen LogP contribution in [0.15, 0.2) is 48.8 Å². The average Bonchev–Trinajstić information content (AvgIpc) is 2.40. The van der Waals surface area contributed by atoms with Crippen molar-refractivity contribution in [3.05, 3.63) is 59.9 Å². The highest BCUT2D eigenvalue weighted by molar-refractivity contribution is 5.88. The Morgan fingerprint density at radius 1 is 1.22 bits per heavy atom. The van der Waals surface area contributed by atoms with Gasteiger partial charge in [-0.2, -0.15) is 0 Å². The Bertz CT molecular complexity index is 526. The fourth-order valence-corrected chi connectivity index (χ4v) is 1.66. The normalized spacial score (nSPS) is 10.0. The van der Waals surface area contributed by atoms with Crippen molar-refractivity contribution in [2.24, 2.45) is 0 Å². The van der Waals surface area contributed by atoms with E-state index in [-0.39, 0.29) is 0 Å². The van der Waals surface area contributed by atoms with Crippen molar-refractivity contribution in [1.82, 2.24) is 4.98 Å². The van der Waals surface area contributed by atoms with Gasteiger partial charge >= 0.3 is 5.97 Å². The molecule has 4 nitrogen and oxygen atoms in total. The SMILES string of the molecule is O=C(O)c1cccc(NCCc2ccncc2)c1. The Balaban J connectivity index is 1.90. The molecule has 1 aromatic heterocycles. The maximum Gasteiger partial charge on any atom is 0.335 e. The van der Waals surface area contributed by atoms with Crippen LogP contribution in [-0.4, -0.2) is 22.6 Å². The monoisotopic (exact) mass is 242 g/mol. The van der Waals surface area contributed by atoms with Gasteiger partial charge in [0.2, 0.25) is 0 Å². The number of hydrogen-bond acceptors (Lipinski definition) is 3. The molecule has 1 heterocycles. The number of carbonyl (C=O) groups is 1. The molecular weight excluding hydrogens is 228 g/mol. The van der Waals surface area contributed by atoms with Crippen LogP contribution in [-0.2, 0) is 6.42 Å². The van der Waals surface area contributed by atoms with Gasteiger partial charge in [-0.25, -0.2) is 4.79 Å². The summed E-state index contributed by atoms with van der Waals surface area (Å²) < 4.78 is 0. The number of pyridine rings is 1. The smallest absolute Gasteiger partial charge is 0.335 e. The molecule has 0 aliphatic carbocycles. The van der Waals surface area contributed by atoms with E-state index in [9.17, 15) is 4.79 Å². The summed E-state index contributed by atoms with van der Waals surface area (Å²) >= 11 is 0. The van der Waals surface area contributed by atoms with Crippen LogP contribution in [0.2, 0.25) is 0 Å². The van der Waals surface area contributed by atoms with E-state index >= 15 is 0 Å². The molecule has 0 unspecified atom stereocenters. The molecule has 0 amide bonds. The molecule has 0 saturated heterocycles. The second-order valence-electron chi connectivity index (χ2n) is 3.92. The first-order valence-corrected chi connectivity index (χ1v) is 5.72. The standard InChI is InChI=1S/C14H14N2O2/c17-14(18)12-2-1-3-13(10-12)16-9-6-11-4-7-15-8-5-11/h1-5,7-8,10,16H,6,9H2,(H,17,18). The lowest BCUT2D eigenvalue weighted by Crippen LogP contribution is -2.06. The largest absolute Gasteiger partial charge is 0.478 e. The molecular formula is C14H14N2O2.